The molecular formula is C14H18N2O4. The van der Waals surface area contributed by atoms with Gasteiger partial charge in [-0.25, -0.2) is 4.98 Å². The summed E-state index contributed by atoms with van der Waals surface area (Å²) in [6.07, 6.45) is 1.87. The molecule has 0 bridgehead atoms. The van der Waals surface area contributed by atoms with Gasteiger partial charge in [-0.1, -0.05) is 11.8 Å². The van der Waals surface area contributed by atoms with Crippen molar-refractivity contribution in [1.82, 2.24) is 9.88 Å². The Balaban J connectivity index is 2.76. The molecule has 1 heterocycles. The fraction of sp³-hybridized carbons (Fsp3) is 0.429. The molecule has 3 N–H and O–H groups in total. The van der Waals surface area contributed by atoms with Gasteiger partial charge in [0.1, 0.15) is 5.69 Å². The van der Waals surface area contributed by atoms with E-state index in [9.17, 15) is 4.79 Å². The SMILES string of the molecule is O=C(c1ccc(C#CCCO)cn1)N(CCO)CCO. The largest absolute Gasteiger partial charge is 0.395 e. The van der Waals surface area contributed by atoms with E-state index in [0.717, 1.165) is 0 Å². The molecule has 0 spiro atoms. The highest BCUT2D eigenvalue weighted by atomic mass is 16.3. The third-order valence-electron chi connectivity index (χ3n) is 2.48. The van der Waals surface area contributed by atoms with Gasteiger partial charge in [-0.15, -0.1) is 0 Å². The van der Waals surface area contributed by atoms with Gasteiger partial charge in [0, 0.05) is 31.3 Å². The first-order valence-corrected chi connectivity index (χ1v) is 6.29. The van der Waals surface area contributed by atoms with Crippen molar-refractivity contribution in [2.75, 3.05) is 32.9 Å². The Hall–Kier alpha value is -1.94. The van der Waals surface area contributed by atoms with E-state index in [1.54, 1.807) is 12.1 Å². The van der Waals surface area contributed by atoms with Crippen LogP contribution in [-0.4, -0.2) is 64.0 Å². The van der Waals surface area contributed by atoms with Crippen LogP contribution in [0.25, 0.3) is 0 Å². The molecule has 0 saturated heterocycles. The summed E-state index contributed by atoms with van der Waals surface area (Å²) >= 11 is 0. The molecule has 0 unspecified atom stereocenters. The maximum absolute atomic E-state index is 12.1. The van der Waals surface area contributed by atoms with E-state index in [0.29, 0.717) is 12.0 Å². The molecule has 0 atom stereocenters. The maximum atomic E-state index is 12.1. The van der Waals surface area contributed by atoms with Gasteiger partial charge in [-0.05, 0) is 12.1 Å². The van der Waals surface area contributed by atoms with E-state index in [-0.39, 0.29) is 44.5 Å². The van der Waals surface area contributed by atoms with Crippen molar-refractivity contribution in [2.24, 2.45) is 0 Å². The van der Waals surface area contributed by atoms with Crippen molar-refractivity contribution in [1.29, 1.82) is 0 Å². The second-order valence-electron chi connectivity index (χ2n) is 3.95. The highest BCUT2D eigenvalue weighted by molar-refractivity contribution is 5.92. The van der Waals surface area contributed by atoms with E-state index in [2.05, 4.69) is 16.8 Å². The van der Waals surface area contributed by atoms with Gasteiger partial charge in [0.15, 0.2) is 0 Å². The first-order chi connectivity index (χ1) is 9.72. The van der Waals surface area contributed by atoms with Crippen molar-refractivity contribution in [3.05, 3.63) is 29.6 Å². The Morgan fingerprint density at radius 3 is 2.35 bits per heavy atom. The zero-order chi connectivity index (χ0) is 14.8. The van der Waals surface area contributed by atoms with Crippen LogP contribution < -0.4 is 0 Å². The number of aromatic nitrogens is 1. The molecule has 0 aromatic carbocycles. The van der Waals surface area contributed by atoms with E-state index in [4.69, 9.17) is 15.3 Å². The van der Waals surface area contributed by atoms with Crippen LogP contribution in [0.15, 0.2) is 18.3 Å². The van der Waals surface area contributed by atoms with E-state index < -0.39 is 0 Å². The molecule has 1 aromatic heterocycles. The van der Waals surface area contributed by atoms with Crippen LogP contribution in [-0.2, 0) is 0 Å². The van der Waals surface area contributed by atoms with Crippen molar-refractivity contribution in [3.63, 3.8) is 0 Å². The lowest BCUT2D eigenvalue weighted by Gasteiger charge is -2.19. The van der Waals surface area contributed by atoms with Crippen LogP contribution in [0.3, 0.4) is 0 Å². The molecule has 1 amide bonds. The fourth-order valence-electron chi connectivity index (χ4n) is 1.53. The lowest BCUT2D eigenvalue weighted by atomic mass is 10.2. The number of hydrogen-bond donors (Lipinski definition) is 3. The van der Waals surface area contributed by atoms with Gasteiger partial charge in [-0.3, -0.25) is 4.79 Å². The molecule has 1 aromatic rings. The molecule has 0 fully saturated rings. The third-order valence-corrected chi connectivity index (χ3v) is 2.48. The average Bonchev–Trinajstić information content (AvgIpc) is 2.47. The van der Waals surface area contributed by atoms with Crippen LogP contribution in [0.2, 0.25) is 0 Å². The molecule has 1 rings (SSSR count). The maximum Gasteiger partial charge on any atom is 0.272 e. The highest BCUT2D eigenvalue weighted by Crippen LogP contribution is 2.03. The van der Waals surface area contributed by atoms with Crippen LogP contribution in [0.5, 0.6) is 0 Å². The van der Waals surface area contributed by atoms with E-state index in [1.165, 1.54) is 11.1 Å². The number of carbonyl (C=O) groups excluding carboxylic acids is 1. The molecule has 0 aliphatic carbocycles. The van der Waals surface area contributed by atoms with Crippen molar-refractivity contribution < 1.29 is 20.1 Å². The number of pyridine rings is 1. The average molecular weight is 278 g/mol. The van der Waals surface area contributed by atoms with E-state index in [1.807, 2.05) is 0 Å². The molecule has 0 aliphatic rings. The second-order valence-corrected chi connectivity index (χ2v) is 3.95. The van der Waals surface area contributed by atoms with E-state index >= 15 is 0 Å². The van der Waals surface area contributed by atoms with Gasteiger partial charge in [0.2, 0.25) is 0 Å². The zero-order valence-corrected chi connectivity index (χ0v) is 11.1. The normalized spacial score (nSPS) is 9.75. The summed E-state index contributed by atoms with van der Waals surface area (Å²) in [4.78, 5) is 17.4. The quantitative estimate of drug-likeness (QED) is 0.595. The Bertz CT molecular complexity index is 470. The monoisotopic (exact) mass is 278 g/mol. The van der Waals surface area contributed by atoms with Gasteiger partial charge < -0.3 is 20.2 Å². The molecule has 6 heteroatoms. The van der Waals surface area contributed by atoms with Crippen molar-refractivity contribution in [2.45, 2.75) is 6.42 Å². The Morgan fingerprint density at radius 2 is 1.85 bits per heavy atom. The zero-order valence-electron chi connectivity index (χ0n) is 11.1. The number of hydrogen-bond acceptors (Lipinski definition) is 5. The van der Waals surface area contributed by atoms with Crippen LogP contribution in [0.1, 0.15) is 22.5 Å². The number of rotatable bonds is 6. The number of amides is 1. The summed E-state index contributed by atoms with van der Waals surface area (Å²) in [6, 6.07) is 3.22. The first kappa shape index (κ1) is 16.1. The smallest absolute Gasteiger partial charge is 0.272 e. The van der Waals surface area contributed by atoms with Crippen molar-refractivity contribution >= 4 is 5.91 Å². The third kappa shape index (κ3) is 4.97. The topological polar surface area (TPSA) is 93.9 Å². The van der Waals surface area contributed by atoms with Gasteiger partial charge >= 0.3 is 0 Å². The molecule has 20 heavy (non-hydrogen) atoms. The summed E-state index contributed by atoms with van der Waals surface area (Å²) in [5.74, 6) is 5.23. The molecular weight excluding hydrogens is 260 g/mol. The number of aliphatic hydroxyl groups excluding tert-OH is 3. The lowest BCUT2D eigenvalue weighted by Crippen LogP contribution is -2.36. The molecule has 108 valence electrons. The van der Waals surface area contributed by atoms with Gasteiger partial charge in [0.05, 0.1) is 19.8 Å². The Morgan fingerprint density at radius 1 is 1.15 bits per heavy atom. The minimum Gasteiger partial charge on any atom is -0.395 e. The van der Waals surface area contributed by atoms with Crippen LogP contribution in [0, 0.1) is 11.8 Å². The molecule has 0 radical (unpaired) electrons. The number of aliphatic hydroxyl groups is 3. The fourth-order valence-corrected chi connectivity index (χ4v) is 1.53. The summed E-state index contributed by atoms with van der Waals surface area (Å²) in [5.41, 5.74) is 0.894. The van der Waals surface area contributed by atoms with Gasteiger partial charge in [-0.2, -0.15) is 0 Å². The standard InChI is InChI=1S/C14H18N2O4/c17-8-2-1-3-12-4-5-13(15-11-12)14(20)16(6-9-18)7-10-19/h4-5,11,17-19H,2,6-10H2. The first-order valence-electron chi connectivity index (χ1n) is 6.29. The summed E-state index contributed by atoms with van der Waals surface area (Å²) in [7, 11) is 0. The predicted molar refractivity (Wildman–Crippen MR) is 72.9 cm³/mol. The molecule has 6 nitrogen and oxygen atoms in total. The Labute approximate surface area is 117 Å². The Kier molecular flexibility index (Phi) is 7.29. The summed E-state index contributed by atoms with van der Waals surface area (Å²) in [5, 5.41) is 26.4. The lowest BCUT2D eigenvalue weighted by molar-refractivity contribution is 0.0679. The molecule has 0 saturated carbocycles. The number of carbonyl (C=O) groups is 1. The minimum atomic E-state index is -0.344. The van der Waals surface area contributed by atoms with Crippen molar-refractivity contribution in [3.8, 4) is 11.8 Å². The second kappa shape index (κ2) is 9.04. The summed E-state index contributed by atoms with van der Waals surface area (Å²) < 4.78 is 0. The number of nitrogens with zero attached hydrogens (tertiary/aromatic N) is 2. The highest BCUT2D eigenvalue weighted by Gasteiger charge is 2.15. The summed E-state index contributed by atoms with van der Waals surface area (Å²) in [6.45, 7) is -0.0283. The predicted octanol–water partition coefficient (Wildman–Crippen LogP) is -0.758. The minimum absolute atomic E-state index is 0.00821. The molecule has 0 aliphatic heterocycles. The van der Waals surface area contributed by atoms with Crippen LogP contribution in [0.4, 0.5) is 0 Å². The van der Waals surface area contributed by atoms with Crippen LogP contribution >= 0.6 is 0 Å². The van der Waals surface area contributed by atoms with Gasteiger partial charge in [0.25, 0.3) is 5.91 Å².